The van der Waals surface area contributed by atoms with Crippen molar-refractivity contribution in [3.8, 4) is 0 Å². The molecule has 2 aromatic rings. The minimum absolute atomic E-state index is 0.177. The van der Waals surface area contributed by atoms with E-state index in [4.69, 9.17) is 16.7 Å². The van der Waals surface area contributed by atoms with Crippen LogP contribution < -0.4 is 0 Å². The van der Waals surface area contributed by atoms with Crippen LogP contribution in [0.15, 0.2) is 18.2 Å². The first-order valence-electron chi connectivity index (χ1n) is 6.48. The van der Waals surface area contributed by atoms with Gasteiger partial charge in [-0.3, -0.25) is 4.79 Å². The minimum atomic E-state index is -0.763. The molecular weight excluding hydrogens is 264 g/mol. The molecule has 0 aliphatic carbocycles. The van der Waals surface area contributed by atoms with E-state index in [1.807, 2.05) is 18.2 Å². The van der Waals surface area contributed by atoms with Gasteiger partial charge in [-0.25, -0.2) is 4.98 Å². The van der Waals surface area contributed by atoms with Gasteiger partial charge in [0.1, 0.15) is 5.82 Å². The molecule has 0 saturated heterocycles. The Morgan fingerprint density at radius 1 is 1.47 bits per heavy atom. The van der Waals surface area contributed by atoms with Gasteiger partial charge in [0.05, 0.1) is 11.0 Å². The molecule has 19 heavy (non-hydrogen) atoms. The van der Waals surface area contributed by atoms with Crippen molar-refractivity contribution in [1.82, 2.24) is 9.55 Å². The highest BCUT2D eigenvalue weighted by atomic mass is 35.5. The first-order valence-corrected chi connectivity index (χ1v) is 6.86. The highest BCUT2D eigenvalue weighted by molar-refractivity contribution is 6.31. The summed E-state index contributed by atoms with van der Waals surface area (Å²) < 4.78 is 2.16. The average Bonchev–Trinajstić information content (AvgIpc) is 2.67. The Kier molecular flexibility index (Phi) is 4.43. The summed E-state index contributed by atoms with van der Waals surface area (Å²) >= 11 is 5.98. The van der Waals surface area contributed by atoms with E-state index in [1.165, 1.54) is 0 Å². The van der Waals surface area contributed by atoms with Crippen LogP contribution in [0.25, 0.3) is 11.0 Å². The third-order valence-corrected chi connectivity index (χ3v) is 3.26. The first kappa shape index (κ1) is 13.9. The maximum atomic E-state index is 10.6. The molecule has 1 heterocycles. The molecule has 2 rings (SSSR count). The van der Waals surface area contributed by atoms with Crippen LogP contribution >= 0.6 is 11.6 Å². The lowest BCUT2D eigenvalue weighted by molar-refractivity contribution is -0.137. The molecule has 1 aromatic heterocycles. The Bertz CT molecular complexity index is 592. The van der Waals surface area contributed by atoms with Gasteiger partial charge in [-0.15, -0.1) is 0 Å². The fraction of sp³-hybridized carbons (Fsp3) is 0.429. The first-order chi connectivity index (χ1) is 9.11. The van der Waals surface area contributed by atoms with Gasteiger partial charge in [-0.05, 0) is 31.0 Å². The molecule has 1 N–H and O–H groups in total. The Hall–Kier alpha value is -1.55. The molecule has 0 aliphatic heterocycles. The number of imidazole rings is 1. The molecule has 0 atom stereocenters. The molecule has 0 radical (unpaired) electrons. The third kappa shape index (κ3) is 3.26. The van der Waals surface area contributed by atoms with Gasteiger partial charge >= 0.3 is 5.97 Å². The number of aliphatic carboxylic acids is 1. The van der Waals surface area contributed by atoms with E-state index in [9.17, 15) is 4.79 Å². The number of halogens is 1. The van der Waals surface area contributed by atoms with E-state index < -0.39 is 5.97 Å². The predicted molar refractivity (Wildman–Crippen MR) is 75.6 cm³/mol. The molecular formula is C14H17ClN2O2. The second kappa shape index (κ2) is 6.06. The van der Waals surface area contributed by atoms with Crippen molar-refractivity contribution >= 4 is 28.6 Å². The molecule has 0 aliphatic rings. The lowest BCUT2D eigenvalue weighted by Crippen LogP contribution is -2.05. The maximum Gasteiger partial charge on any atom is 0.303 e. The third-order valence-electron chi connectivity index (χ3n) is 3.03. The van der Waals surface area contributed by atoms with Gasteiger partial charge in [0.2, 0.25) is 0 Å². The molecule has 5 heteroatoms. The number of hydrogen-bond donors (Lipinski definition) is 1. The van der Waals surface area contributed by atoms with Gasteiger partial charge in [-0.2, -0.15) is 0 Å². The fourth-order valence-corrected chi connectivity index (χ4v) is 2.38. The summed E-state index contributed by atoms with van der Waals surface area (Å²) in [5, 5.41) is 9.37. The minimum Gasteiger partial charge on any atom is -0.481 e. The number of carboxylic acid groups (broad SMARTS) is 1. The lowest BCUT2D eigenvalue weighted by atomic mass is 10.2. The SMILES string of the molecule is CCCn1c(CCCC(=O)O)nc2cc(Cl)ccc21. The van der Waals surface area contributed by atoms with Crippen LogP contribution in [-0.4, -0.2) is 20.6 Å². The lowest BCUT2D eigenvalue weighted by Gasteiger charge is -2.07. The largest absolute Gasteiger partial charge is 0.481 e. The van der Waals surface area contributed by atoms with E-state index in [0.29, 0.717) is 17.9 Å². The van der Waals surface area contributed by atoms with Crippen molar-refractivity contribution in [3.63, 3.8) is 0 Å². The van der Waals surface area contributed by atoms with Crippen molar-refractivity contribution in [2.24, 2.45) is 0 Å². The van der Waals surface area contributed by atoms with Crippen LogP contribution in [0.1, 0.15) is 32.0 Å². The highest BCUT2D eigenvalue weighted by Crippen LogP contribution is 2.22. The Balaban J connectivity index is 2.30. The summed E-state index contributed by atoms with van der Waals surface area (Å²) in [4.78, 5) is 15.1. The number of rotatable bonds is 6. The molecule has 102 valence electrons. The Morgan fingerprint density at radius 3 is 2.95 bits per heavy atom. The van der Waals surface area contributed by atoms with Crippen LogP contribution in [0.3, 0.4) is 0 Å². The van der Waals surface area contributed by atoms with Gasteiger partial charge in [-0.1, -0.05) is 18.5 Å². The van der Waals surface area contributed by atoms with E-state index >= 15 is 0 Å². The van der Waals surface area contributed by atoms with Crippen molar-refractivity contribution in [2.75, 3.05) is 0 Å². The van der Waals surface area contributed by atoms with Crippen LogP contribution in [-0.2, 0) is 17.8 Å². The number of hydrogen-bond acceptors (Lipinski definition) is 2. The summed E-state index contributed by atoms with van der Waals surface area (Å²) in [6, 6.07) is 5.68. The average molecular weight is 281 g/mol. The molecule has 4 nitrogen and oxygen atoms in total. The zero-order chi connectivity index (χ0) is 13.8. The molecule has 0 amide bonds. The summed E-state index contributed by atoms with van der Waals surface area (Å²) in [6.07, 6.45) is 2.48. The number of fused-ring (bicyclic) bond motifs is 1. The Labute approximate surface area is 117 Å². The number of aryl methyl sites for hydroxylation is 2. The van der Waals surface area contributed by atoms with E-state index in [2.05, 4.69) is 16.5 Å². The van der Waals surface area contributed by atoms with E-state index in [1.54, 1.807) is 0 Å². The van der Waals surface area contributed by atoms with Crippen LogP contribution in [0.2, 0.25) is 5.02 Å². The second-order valence-corrected chi connectivity index (χ2v) is 5.00. The van der Waals surface area contributed by atoms with Gasteiger partial charge in [0.15, 0.2) is 0 Å². The second-order valence-electron chi connectivity index (χ2n) is 4.56. The number of carbonyl (C=O) groups is 1. The van der Waals surface area contributed by atoms with Gasteiger partial charge in [0, 0.05) is 24.4 Å². The van der Waals surface area contributed by atoms with Crippen molar-refractivity contribution in [1.29, 1.82) is 0 Å². The fourth-order valence-electron chi connectivity index (χ4n) is 2.21. The monoisotopic (exact) mass is 280 g/mol. The molecule has 0 saturated carbocycles. The Morgan fingerprint density at radius 2 is 2.26 bits per heavy atom. The number of aromatic nitrogens is 2. The normalized spacial score (nSPS) is 11.1. The number of nitrogens with zero attached hydrogens (tertiary/aromatic N) is 2. The zero-order valence-corrected chi connectivity index (χ0v) is 11.7. The molecule has 0 bridgehead atoms. The van der Waals surface area contributed by atoms with Crippen molar-refractivity contribution in [3.05, 3.63) is 29.0 Å². The number of carboxylic acids is 1. The molecule has 0 spiro atoms. The summed E-state index contributed by atoms with van der Waals surface area (Å²) in [6.45, 7) is 3.00. The highest BCUT2D eigenvalue weighted by Gasteiger charge is 2.11. The summed E-state index contributed by atoms with van der Waals surface area (Å²) in [5.74, 6) is 0.182. The number of benzene rings is 1. The predicted octanol–water partition coefficient (Wildman–Crippen LogP) is 3.51. The van der Waals surface area contributed by atoms with Gasteiger partial charge < -0.3 is 9.67 Å². The molecule has 0 unspecified atom stereocenters. The van der Waals surface area contributed by atoms with Crippen LogP contribution in [0.5, 0.6) is 0 Å². The maximum absolute atomic E-state index is 10.6. The van der Waals surface area contributed by atoms with E-state index in [0.717, 1.165) is 29.8 Å². The topological polar surface area (TPSA) is 55.1 Å². The molecule has 1 aromatic carbocycles. The standard InChI is InChI=1S/C14H17ClN2O2/c1-2-8-17-12-7-6-10(15)9-11(12)16-13(17)4-3-5-14(18)19/h6-7,9H,2-5,8H2,1H3,(H,18,19). The quantitative estimate of drug-likeness (QED) is 0.881. The van der Waals surface area contributed by atoms with Crippen molar-refractivity contribution < 1.29 is 9.90 Å². The summed E-state index contributed by atoms with van der Waals surface area (Å²) in [5.41, 5.74) is 1.95. The van der Waals surface area contributed by atoms with Crippen molar-refractivity contribution in [2.45, 2.75) is 39.2 Å². The van der Waals surface area contributed by atoms with Crippen LogP contribution in [0, 0.1) is 0 Å². The molecule has 0 fully saturated rings. The van der Waals surface area contributed by atoms with Gasteiger partial charge in [0.25, 0.3) is 0 Å². The smallest absolute Gasteiger partial charge is 0.303 e. The van der Waals surface area contributed by atoms with E-state index in [-0.39, 0.29) is 6.42 Å². The summed E-state index contributed by atoms with van der Waals surface area (Å²) in [7, 11) is 0. The van der Waals surface area contributed by atoms with Crippen LogP contribution in [0.4, 0.5) is 0 Å². The zero-order valence-electron chi connectivity index (χ0n) is 10.9.